The van der Waals surface area contributed by atoms with E-state index in [0.29, 0.717) is 0 Å². The van der Waals surface area contributed by atoms with Crippen molar-refractivity contribution in [3.8, 4) is 50.2 Å². The number of fused-ring (bicyclic) bond motifs is 6. The minimum absolute atomic E-state index is 1.08. The lowest BCUT2D eigenvalue weighted by Gasteiger charge is -2.29. The predicted molar refractivity (Wildman–Crippen MR) is 272 cm³/mol. The van der Waals surface area contributed by atoms with E-state index in [9.17, 15) is 0 Å². The van der Waals surface area contributed by atoms with Crippen LogP contribution >= 0.6 is 0 Å². The Balaban J connectivity index is 1.12. The number of anilines is 3. The van der Waals surface area contributed by atoms with Crippen molar-refractivity contribution in [3.05, 3.63) is 255 Å². The normalized spacial score (nSPS) is 11.4. The average Bonchev–Trinajstić information content (AvgIpc) is 3.72. The molecule has 11 aromatic carbocycles. The molecular formula is C62H42N2. The summed E-state index contributed by atoms with van der Waals surface area (Å²) in [6.45, 7) is 0. The molecule has 0 unspecified atom stereocenters. The molecule has 300 valence electrons. The summed E-state index contributed by atoms with van der Waals surface area (Å²) in [7, 11) is 0. The lowest BCUT2D eigenvalue weighted by molar-refractivity contribution is 1.18. The van der Waals surface area contributed by atoms with Crippen molar-refractivity contribution in [1.82, 2.24) is 4.57 Å². The van der Waals surface area contributed by atoms with Gasteiger partial charge in [-0.15, -0.1) is 0 Å². The van der Waals surface area contributed by atoms with Crippen LogP contribution in [0.3, 0.4) is 0 Å². The van der Waals surface area contributed by atoms with Crippen LogP contribution in [0.1, 0.15) is 0 Å². The minimum Gasteiger partial charge on any atom is -0.309 e. The van der Waals surface area contributed by atoms with Gasteiger partial charge in [-0.1, -0.05) is 200 Å². The molecule has 0 spiro atoms. The third-order valence-corrected chi connectivity index (χ3v) is 12.7. The Labute approximate surface area is 373 Å². The van der Waals surface area contributed by atoms with E-state index >= 15 is 0 Å². The van der Waals surface area contributed by atoms with Gasteiger partial charge in [0.05, 0.1) is 22.4 Å². The molecule has 12 aromatic rings. The van der Waals surface area contributed by atoms with Crippen LogP contribution in [-0.4, -0.2) is 4.57 Å². The number of benzene rings is 11. The number of aromatic nitrogens is 1. The van der Waals surface area contributed by atoms with Crippen molar-refractivity contribution in [2.24, 2.45) is 0 Å². The molecule has 0 aliphatic heterocycles. The highest BCUT2D eigenvalue weighted by Gasteiger charge is 2.24. The molecule has 12 rings (SSSR count). The van der Waals surface area contributed by atoms with E-state index in [1.807, 2.05) is 0 Å². The number of hydrogen-bond donors (Lipinski definition) is 0. The van der Waals surface area contributed by atoms with Gasteiger partial charge in [-0.2, -0.15) is 0 Å². The van der Waals surface area contributed by atoms with E-state index < -0.39 is 0 Å². The fourth-order valence-electron chi connectivity index (χ4n) is 9.99. The highest BCUT2D eigenvalue weighted by molar-refractivity contribution is 6.22. The van der Waals surface area contributed by atoms with Gasteiger partial charge in [-0.3, -0.25) is 0 Å². The Bertz CT molecular complexity index is 3650. The summed E-state index contributed by atoms with van der Waals surface area (Å²) in [5.41, 5.74) is 16.3. The van der Waals surface area contributed by atoms with Crippen molar-refractivity contribution in [2.45, 2.75) is 0 Å². The molecule has 0 atom stereocenters. The molecular weight excluding hydrogens is 773 g/mol. The molecule has 2 heteroatoms. The third-order valence-electron chi connectivity index (χ3n) is 12.7. The van der Waals surface area contributed by atoms with Crippen molar-refractivity contribution in [3.63, 3.8) is 0 Å². The van der Waals surface area contributed by atoms with Crippen LogP contribution in [0.5, 0.6) is 0 Å². The Hall–Kier alpha value is -8.46. The van der Waals surface area contributed by atoms with Gasteiger partial charge in [0.25, 0.3) is 0 Å². The Morgan fingerprint density at radius 1 is 0.281 bits per heavy atom. The smallest absolute Gasteiger partial charge is 0.0562 e. The predicted octanol–water partition coefficient (Wildman–Crippen LogP) is 17.2. The fraction of sp³-hybridized carbons (Fsp3) is 0. The molecule has 0 saturated carbocycles. The van der Waals surface area contributed by atoms with Crippen molar-refractivity contribution >= 4 is 60.4 Å². The van der Waals surface area contributed by atoms with Crippen LogP contribution in [0.25, 0.3) is 93.5 Å². The summed E-state index contributed by atoms with van der Waals surface area (Å²) in [5.74, 6) is 0. The number of nitrogens with zero attached hydrogens (tertiary/aromatic N) is 2. The van der Waals surface area contributed by atoms with Gasteiger partial charge in [0.2, 0.25) is 0 Å². The van der Waals surface area contributed by atoms with Crippen molar-refractivity contribution < 1.29 is 0 Å². The van der Waals surface area contributed by atoms with Gasteiger partial charge in [-0.25, -0.2) is 0 Å². The maximum atomic E-state index is 2.48. The van der Waals surface area contributed by atoms with E-state index in [2.05, 4.69) is 264 Å². The Morgan fingerprint density at radius 2 is 0.781 bits per heavy atom. The number of rotatable bonds is 8. The topological polar surface area (TPSA) is 8.17 Å². The molecule has 0 fully saturated rings. The summed E-state index contributed by atoms with van der Waals surface area (Å²) >= 11 is 0. The van der Waals surface area contributed by atoms with Gasteiger partial charge in [0.1, 0.15) is 0 Å². The van der Waals surface area contributed by atoms with Gasteiger partial charge in [0, 0.05) is 27.7 Å². The first-order chi connectivity index (χ1) is 31.8. The van der Waals surface area contributed by atoms with E-state index in [-0.39, 0.29) is 0 Å². The van der Waals surface area contributed by atoms with E-state index in [0.717, 1.165) is 45.0 Å². The minimum atomic E-state index is 1.08. The second-order valence-electron chi connectivity index (χ2n) is 16.4. The molecule has 0 bridgehead atoms. The van der Waals surface area contributed by atoms with Crippen LogP contribution in [0.15, 0.2) is 255 Å². The SMILES string of the molecule is c1ccc(-c2ccccc2N(c2cccc(-c3ccc4c(c3)c(-c3ccccc3)c(-c3ccccc3)c3ccccc34)c2)c2cccc3c2c2ccccc2n3-c2ccccc2)cc1. The Morgan fingerprint density at radius 3 is 1.52 bits per heavy atom. The first kappa shape index (κ1) is 37.3. The maximum absolute atomic E-state index is 2.48. The number of para-hydroxylation sites is 3. The molecule has 0 aliphatic rings. The lowest BCUT2D eigenvalue weighted by Crippen LogP contribution is -2.12. The average molecular weight is 815 g/mol. The van der Waals surface area contributed by atoms with E-state index in [1.54, 1.807) is 0 Å². The highest BCUT2D eigenvalue weighted by atomic mass is 15.2. The summed E-state index contributed by atoms with van der Waals surface area (Å²) in [6.07, 6.45) is 0. The summed E-state index contributed by atoms with van der Waals surface area (Å²) in [5, 5.41) is 7.40. The first-order valence-electron chi connectivity index (χ1n) is 22.0. The zero-order valence-corrected chi connectivity index (χ0v) is 35.1. The fourth-order valence-corrected chi connectivity index (χ4v) is 9.99. The lowest BCUT2D eigenvalue weighted by atomic mass is 9.84. The maximum Gasteiger partial charge on any atom is 0.0562 e. The molecule has 1 heterocycles. The second-order valence-corrected chi connectivity index (χ2v) is 16.4. The molecule has 0 radical (unpaired) electrons. The van der Waals surface area contributed by atoms with Gasteiger partial charge in [-0.05, 0) is 115 Å². The number of hydrogen-bond acceptors (Lipinski definition) is 1. The first-order valence-corrected chi connectivity index (χ1v) is 22.0. The van der Waals surface area contributed by atoms with Crippen molar-refractivity contribution in [2.75, 3.05) is 4.90 Å². The summed E-state index contributed by atoms with van der Waals surface area (Å²) in [4.78, 5) is 2.48. The molecule has 0 aliphatic carbocycles. The standard InChI is InChI=1S/C62H42N2/c1-5-21-43(22-6-1)50-31-15-17-35-56(50)64(59-38-20-37-58-62(59)54-34-16-18-36-57(54)63(58)48-28-11-4-12-29-48)49-30-19-27-46(41-49)47-39-40-52-51-32-13-14-33-53(51)60(44-23-7-2-8-24-44)61(55(52)42-47)45-25-9-3-10-26-45/h1-42H. The Kier molecular flexibility index (Phi) is 9.20. The highest BCUT2D eigenvalue weighted by Crippen LogP contribution is 2.49. The zero-order chi connectivity index (χ0) is 42.4. The molecule has 0 N–H and O–H groups in total. The van der Waals surface area contributed by atoms with Gasteiger partial charge >= 0.3 is 0 Å². The second kappa shape index (κ2) is 15.8. The van der Waals surface area contributed by atoms with Crippen LogP contribution < -0.4 is 4.90 Å². The van der Waals surface area contributed by atoms with Gasteiger partial charge < -0.3 is 9.47 Å². The van der Waals surface area contributed by atoms with E-state index in [4.69, 9.17) is 0 Å². The van der Waals surface area contributed by atoms with Crippen LogP contribution in [0.4, 0.5) is 17.1 Å². The molecule has 64 heavy (non-hydrogen) atoms. The summed E-state index contributed by atoms with van der Waals surface area (Å²) in [6, 6.07) is 92.7. The zero-order valence-electron chi connectivity index (χ0n) is 35.1. The van der Waals surface area contributed by atoms with Gasteiger partial charge in [0.15, 0.2) is 0 Å². The quantitative estimate of drug-likeness (QED) is 0.139. The third kappa shape index (κ3) is 6.27. The molecule has 2 nitrogen and oxygen atoms in total. The molecule has 0 saturated heterocycles. The largest absolute Gasteiger partial charge is 0.309 e. The molecule has 0 amide bonds. The van der Waals surface area contributed by atoms with Crippen LogP contribution in [0.2, 0.25) is 0 Å². The van der Waals surface area contributed by atoms with Crippen LogP contribution in [0, 0.1) is 0 Å². The molecule has 1 aromatic heterocycles. The monoisotopic (exact) mass is 814 g/mol. The summed E-state index contributed by atoms with van der Waals surface area (Å²) < 4.78 is 2.40. The van der Waals surface area contributed by atoms with Crippen molar-refractivity contribution in [1.29, 1.82) is 0 Å². The van der Waals surface area contributed by atoms with Crippen LogP contribution in [-0.2, 0) is 0 Å². The van der Waals surface area contributed by atoms with E-state index in [1.165, 1.54) is 65.7 Å².